The maximum absolute atomic E-state index is 14.1. The number of nitrogens with zero attached hydrogens (tertiary/aromatic N) is 2. The second-order valence-electron chi connectivity index (χ2n) is 14.5. The highest BCUT2D eigenvalue weighted by Crippen LogP contribution is 2.62. The van der Waals surface area contributed by atoms with Crippen LogP contribution in [-0.2, 0) is 14.3 Å². The third-order valence-corrected chi connectivity index (χ3v) is 11.0. The molecule has 0 radical (unpaired) electrons. The number of methoxy groups -OCH3 is 1. The van der Waals surface area contributed by atoms with Gasteiger partial charge in [-0.05, 0) is 92.3 Å². The first kappa shape index (κ1) is 42.5. The first-order chi connectivity index (χ1) is 27.3. The number of allylic oxidation sites excluding steroid dienone is 1. The Hall–Kier alpha value is -4.65. The molecule has 0 aromatic heterocycles. The standard InChI is InChI=1S/C44H58N2O10/c1-6-9-24-53-43(50)46(20-7-2)40-28-37(45-52-5)35-26-30(14-10-12-21-47)34(15-11-13-22-48)41-36-27-33(55-32-16-18-38(51-4)31(25-32)29-49)17-19-39(36)56-44(40,42(35)41)54-23-8-3/h6,8,16-19,25-27,29-30,34,40-42,47-48H,1,3,7,9-15,20-24,28H2,2,4-5H3/t30-,34+,40-,41+,42+,44+/m0/s1. The van der Waals surface area contributed by atoms with Crippen molar-refractivity contribution in [2.45, 2.75) is 82.5 Å². The molecule has 0 saturated heterocycles. The molecule has 3 aliphatic rings. The van der Waals surface area contributed by atoms with Gasteiger partial charge in [0.2, 0.25) is 5.79 Å². The van der Waals surface area contributed by atoms with Crippen LogP contribution in [0.25, 0.3) is 0 Å². The molecule has 2 aromatic carbocycles. The van der Waals surface area contributed by atoms with Gasteiger partial charge in [0, 0.05) is 37.7 Å². The number of benzene rings is 2. The predicted octanol–water partition coefficient (Wildman–Crippen LogP) is 7.99. The van der Waals surface area contributed by atoms with Crippen LogP contribution >= 0.6 is 0 Å². The van der Waals surface area contributed by atoms with Gasteiger partial charge in [-0.1, -0.05) is 43.1 Å². The number of carbonyl (C=O) groups is 2. The van der Waals surface area contributed by atoms with Crippen molar-refractivity contribution in [3.8, 4) is 23.0 Å². The van der Waals surface area contributed by atoms with E-state index in [2.05, 4.69) is 24.4 Å². The zero-order chi connectivity index (χ0) is 40.1. The fraction of sp³-hybridized carbons (Fsp3) is 0.523. The normalized spacial score (nSPS) is 24.1. The summed E-state index contributed by atoms with van der Waals surface area (Å²) < 4.78 is 31.7. The summed E-state index contributed by atoms with van der Waals surface area (Å²) in [5, 5.41) is 24.3. The lowest BCUT2D eigenvalue weighted by Gasteiger charge is -2.59. The van der Waals surface area contributed by atoms with Gasteiger partial charge in [-0.25, -0.2) is 4.79 Å². The van der Waals surface area contributed by atoms with Crippen LogP contribution in [0.5, 0.6) is 23.0 Å². The van der Waals surface area contributed by atoms with Crippen LogP contribution in [0.4, 0.5) is 4.79 Å². The van der Waals surface area contributed by atoms with Crippen molar-refractivity contribution in [2.75, 3.05) is 47.2 Å². The molecule has 1 saturated carbocycles. The monoisotopic (exact) mass is 774 g/mol. The van der Waals surface area contributed by atoms with Gasteiger partial charge in [0.15, 0.2) is 6.29 Å². The van der Waals surface area contributed by atoms with E-state index in [-0.39, 0.29) is 50.6 Å². The van der Waals surface area contributed by atoms with E-state index in [1.54, 1.807) is 35.3 Å². The minimum Gasteiger partial charge on any atom is -0.496 e. The molecule has 1 heterocycles. The van der Waals surface area contributed by atoms with E-state index in [1.807, 2.05) is 25.1 Å². The fourth-order valence-corrected chi connectivity index (χ4v) is 8.75. The summed E-state index contributed by atoms with van der Waals surface area (Å²) in [6.45, 7) is 10.7. The summed E-state index contributed by atoms with van der Waals surface area (Å²) in [6.07, 6.45) is 11.9. The number of amides is 1. The molecule has 1 fully saturated rings. The van der Waals surface area contributed by atoms with E-state index in [4.69, 9.17) is 28.5 Å². The molecule has 1 aliphatic heterocycles. The second kappa shape index (κ2) is 20.5. The molecule has 2 aliphatic carbocycles. The van der Waals surface area contributed by atoms with Gasteiger partial charge >= 0.3 is 6.09 Å². The molecule has 2 aromatic rings. The van der Waals surface area contributed by atoms with Gasteiger partial charge in [-0.3, -0.25) is 9.69 Å². The van der Waals surface area contributed by atoms with Crippen molar-refractivity contribution in [1.82, 2.24) is 4.90 Å². The van der Waals surface area contributed by atoms with Gasteiger partial charge in [-0.2, -0.15) is 0 Å². The molecule has 56 heavy (non-hydrogen) atoms. The third kappa shape index (κ3) is 9.14. The lowest BCUT2D eigenvalue weighted by molar-refractivity contribution is -0.255. The number of rotatable bonds is 22. The van der Waals surface area contributed by atoms with Crippen molar-refractivity contribution in [1.29, 1.82) is 0 Å². The molecular weight excluding hydrogens is 716 g/mol. The highest BCUT2D eigenvalue weighted by molar-refractivity contribution is 6.03. The molecule has 304 valence electrons. The molecule has 0 bridgehead atoms. The summed E-state index contributed by atoms with van der Waals surface area (Å²) >= 11 is 0. The average Bonchev–Trinajstić information content (AvgIpc) is 3.21. The molecule has 0 unspecified atom stereocenters. The van der Waals surface area contributed by atoms with Gasteiger partial charge in [-0.15, -0.1) is 13.2 Å². The van der Waals surface area contributed by atoms with E-state index < -0.39 is 23.8 Å². The quantitative estimate of drug-likeness (QED) is 0.0523. The Labute approximate surface area is 330 Å². The number of fused-ring (bicyclic) bond motifs is 2. The van der Waals surface area contributed by atoms with Crippen molar-refractivity contribution >= 4 is 18.1 Å². The third-order valence-electron chi connectivity index (χ3n) is 11.0. The topological polar surface area (TPSA) is 146 Å². The van der Waals surface area contributed by atoms with Crippen LogP contribution in [0.2, 0.25) is 0 Å². The maximum Gasteiger partial charge on any atom is 0.410 e. The van der Waals surface area contributed by atoms with E-state index in [0.29, 0.717) is 66.5 Å². The van der Waals surface area contributed by atoms with Crippen molar-refractivity contribution < 1.29 is 48.3 Å². The summed E-state index contributed by atoms with van der Waals surface area (Å²) in [7, 11) is 3.03. The SMILES string of the molecule is C=CCCOC(=O)N(CCC)[C@H]1CC(=NOC)C2=C[C@H](CCCCO)[C@@H](CCCCO)[C@@H]3c4cc(Oc5ccc(OC)c(C=O)c5)ccc4O[C@@]1(OCC=C)[C@H]23. The number of aldehydes is 1. The predicted molar refractivity (Wildman–Crippen MR) is 214 cm³/mol. The largest absolute Gasteiger partial charge is 0.496 e. The van der Waals surface area contributed by atoms with E-state index in [0.717, 1.165) is 43.1 Å². The molecule has 6 atom stereocenters. The van der Waals surface area contributed by atoms with Crippen LogP contribution in [0.3, 0.4) is 0 Å². The zero-order valence-corrected chi connectivity index (χ0v) is 33.0. The van der Waals surface area contributed by atoms with Gasteiger partial charge in [0.25, 0.3) is 0 Å². The Kier molecular flexibility index (Phi) is 15.6. The minimum atomic E-state index is -1.39. The number of carbonyl (C=O) groups excluding carboxylic acids is 2. The average molecular weight is 775 g/mol. The molecule has 1 amide bonds. The van der Waals surface area contributed by atoms with Crippen molar-refractivity contribution in [3.63, 3.8) is 0 Å². The smallest absolute Gasteiger partial charge is 0.410 e. The highest BCUT2D eigenvalue weighted by atomic mass is 16.7. The first-order valence-electron chi connectivity index (χ1n) is 19.8. The molecule has 2 N–H and O–H groups in total. The summed E-state index contributed by atoms with van der Waals surface area (Å²) in [6, 6.07) is 10.1. The lowest BCUT2D eigenvalue weighted by Crippen LogP contribution is -2.70. The minimum absolute atomic E-state index is 0.0444. The number of unbranched alkanes of at least 4 members (excludes halogenated alkanes) is 2. The number of aliphatic hydroxyl groups is 2. The fourth-order valence-electron chi connectivity index (χ4n) is 8.75. The van der Waals surface area contributed by atoms with E-state index in [9.17, 15) is 19.8 Å². The number of hydrogen-bond acceptors (Lipinski definition) is 11. The summed E-state index contributed by atoms with van der Waals surface area (Å²) in [4.78, 5) is 33.1. The van der Waals surface area contributed by atoms with Crippen LogP contribution < -0.4 is 14.2 Å². The van der Waals surface area contributed by atoms with Crippen LogP contribution in [0.1, 0.15) is 86.6 Å². The van der Waals surface area contributed by atoms with Crippen LogP contribution in [0.15, 0.2) is 78.5 Å². The van der Waals surface area contributed by atoms with Crippen molar-refractivity contribution in [2.24, 2.45) is 22.9 Å². The molecular formula is C44H58N2O10. The van der Waals surface area contributed by atoms with Crippen LogP contribution in [-0.4, -0.2) is 92.2 Å². The molecule has 12 nitrogen and oxygen atoms in total. The zero-order valence-electron chi connectivity index (χ0n) is 33.0. The Morgan fingerprint density at radius 3 is 2.46 bits per heavy atom. The number of aliphatic hydroxyl groups excluding tert-OH is 2. The Balaban J connectivity index is 1.75. The van der Waals surface area contributed by atoms with Crippen LogP contribution in [0, 0.1) is 17.8 Å². The highest BCUT2D eigenvalue weighted by Gasteiger charge is 2.65. The number of oxime groups is 1. The van der Waals surface area contributed by atoms with Gasteiger partial charge in [0.05, 0.1) is 37.5 Å². The van der Waals surface area contributed by atoms with E-state index >= 15 is 0 Å². The molecule has 12 heteroatoms. The van der Waals surface area contributed by atoms with Crippen molar-refractivity contribution in [3.05, 3.63) is 84.5 Å². The summed E-state index contributed by atoms with van der Waals surface area (Å²) in [5.74, 6) is 0.109. The Morgan fingerprint density at radius 2 is 1.79 bits per heavy atom. The summed E-state index contributed by atoms with van der Waals surface area (Å²) in [5.41, 5.74) is 2.91. The molecule has 0 spiro atoms. The lowest BCUT2D eigenvalue weighted by atomic mass is 9.55. The number of ether oxygens (including phenoxy) is 5. The second-order valence-corrected chi connectivity index (χ2v) is 14.5. The van der Waals surface area contributed by atoms with Gasteiger partial charge < -0.3 is 38.7 Å². The number of hydrogen-bond donors (Lipinski definition) is 2. The first-order valence-corrected chi connectivity index (χ1v) is 19.8. The Bertz CT molecular complexity index is 1730. The molecule has 5 rings (SSSR count). The maximum atomic E-state index is 14.1. The van der Waals surface area contributed by atoms with E-state index in [1.165, 1.54) is 14.2 Å². The van der Waals surface area contributed by atoms with Gasteiger partial charge in [0.1, 0.15) is 36.1 Å². The Morgan fingerprint density at radius 1 is 1.04 bits per heavy atom.